The summed E-state index contributed by atoms with van der Waals surface area (Å²) in [7, 11) is 1.62. The minimum absolute atomic E-state index is 0.000798. The molecule has 1 atom stereocenters. The molecule has 4 rings (SSSR count). The number of hydrogen-bond acceptors (Lipinski definition) is 4. The Bertz CT molecular complexity index is 909. The number of benzene rings is 1. The molecule has 1 unspecified atom stereocenters. The number of amides is 2. The van der Waals surface area contributed by atoms with Gasteiger partial charge in [0.2, 0.25) is 5.91 Å². The monoisotopic (exact) mass is 393 g/mol. The van der Waals surface area contributed by atoms with Crippen LogP contribution in [0.4, 0.5) is 0 Å². The van der Waals surface area contributed by atoms with Gasteiger partial charge in [-0.3, -0.25) is 14.6 Å². The van der Waals surface area contributed by atoms with E-state index in [1.807, 2.05) is 42.2 Å². The van der Waals surface area contributed by atoms with Gasteiger partial charge in [0.1, 0.15) is 5.75 Å². The third-order valence-corrected chi connectivity index (χ3v) is 6.48. The molecule has 1 spiro atoms. The van der Waals surface area contributed by atoms with E-state index in [9.17, 15) is 9.59 Å². The first-order valence-corrected chi connectivity index (χ1v) is 10.1. The van der Waals surface area contributed by atoms with Gasteiger partial charge in [0.25, 0.3) is 5.91 Å². The van der Waals surface area contributed by atoms with Crippen molar-refractivity contribution in [3.8, 4) is 5.75 Å². The van der Waals surface area contributed by atoms with Crippen LogP contribution >= 0.6 is 0 Å². The summed E-state index contributed by atoms with van der Waals surface area (Å²) in [5.41, 5.74) is 2.52. The summed E-state index contributed by atoms with van der Waals surface area (Å²) < 4.78 is 5.25. The average molecular weight is 393 g/mol. The van der Waals surface area contributed by atoms with Crippen LogP contribution in [0.5, 0.6) is 5.75 Å². The van der Waals surface area contributed by atoms with Gasteiger partial charge in [0, 0.05) is 43.0 Å². The lowest BCUT2D eigenvalue weighted by Gasteiger charge is -2.41. The van der Waals surface area contributed by atoms with Gasteiger partial charge in [-0.15, -0.1) is 0 Å². The molecule has 1 aliphatic heterocycles. The smallest absolute Gasteiger partial charge is 0.254 e. The zero-order chi connectivity index (χ0) is 20.4. The van der Waals surface area contributed by atoms with Crippen molar-refractivity contribution in [2.45, 2.75) is 32.7 Å². The highest BCUT2D eigenvalue weighted by Gasteiger charge is 2.54. The Labute approximate surface area is 171 Å². The van der Waals surface area contributed by atoms with Crippen molar-refractivity contribution < 1.29 is 14.3 Å². The molecule has 1 aromatic carbocycles. The Morgan fingerprint density at radius 1 is 1.24 bits per heavy atom. The molecule has 1 N–H and O–H groups in total. The van der Waals surface area contributed by atoms with Gasteiger partial charge in [0.15, 0.2) is 0 Å². The van der Waals surface area contributed by atoms with Crippen LogP contribution < -0.4 is 10.1 Å². The fraction of sp³-hybridized carbons (Fsp3) is 0.435. The van der Waals surface area contributed by atoms with E-state index in [-0.39, 0.29) is 23.1 Å². The highest BCUT2D eigenvalue weighted by Crippen LogP contribution is 2.52. The average Bonchev–Trinajstić information content (AvgIpc) is 3.14. The summed E-state index contributed by atoms with van der Waals surface area (Å²) in [5, 5.41) is 3.07. The predicted molar refractivity (Wildman–Crippen MR) is 109 cm³/mol. The van der Waals surface area contributed by atoms with Crippen LogP contribution in [-0.4, -0.2) is 41.9 Å². The van der Waals surface area contributed by atoms with Crippen molar-refractivity contribution in [3.63, 3.8) is 0 Å². The second-order valence-electron chi connectivity index (χ2n) is 8.21. The number of aromatic nitrogens is 1. The number of pyridine rings is 1. The van der Waals surface area contributed by atoms with Crippen molar-refractivity contribution in [2.24, 2.45) is 11.3 Å². The second-order valence-corrected chi connectivity index (χ2v) is 8.21. The first-order chi connectivity index (χ1) is 14.0. The van der Waals surface area contributed by atoms with Crippen LogP contribution in [0.1, 0.15) is 40.7 Å². The van der Waals surface area contributed by atoms with E-state index in [0.717, 1.165) is 36.1 Å². The lowest BCUT2D eigenvalue weighted by Crippen LogP contribution is -2.45. The van der Waals surface area contributed by atoms with Crippen LogP contribution in [0.3, 0.4) is 0 Å². The van der Waals surface area contributed by atoms with Gasteiger partial charge in [-0.25, -0.2) is 0 Å². The molecule has 1 saturated carbocycles. The normalized spacial score (nSPS) is 19.7. The molecule has 2 aliphatic rings. The van der Waals surface area contributed by atoms with Crippen LogP contribution in [0.25, 0.3) is 0 Å². The lowest BCUT2D eigenvalue weighted by molar-refractivity contribution is -0.129. The number of carbonyl (C=O) groups excluding carboxylic acids is 2. The first kappa shape index (κ1) is 19.4. The maximum absolute atomic E-state index is 13.2. The molecule has 29 heavy (non-hydrogen) atoms. The first-order valence-electron chi connectivity index (χ1n) is 10.1. The molecule has 2 amide bonds. The molecule has 0 bridgehead atoms. The van der Waals surface area contributed by atoms with Gasteiger partial charge in [0.05, 0.1) is 13.0 Å². The topological polar surface area (TPSA) is 71.5 Å². The molecule has 2 fully saturated rings. The number of ether oxygens (including phenoxy) is 1. The lowest BCUT2D eigenvalue weighted by atomic mass is 9.62. The fourth-order valence-corrected chi connectivity index (χ4v) is 4.61. The third-order valence-electron chi connectivity index (χ3n) is 6.48. The zero-order valence-corrected chi connectivity index (χ0v) is 17.0. The number of rotatable bonds is 5. The molecule has 6 nitrogen and oxygen atoms in total. The van der Waals surface area contributed by atoms with Gasteiger partial charge >= 0.3 is 0 Å². The van der Waals surface area contributed by atoms with E-state index in [1.54, 1.807) is 19.5 Å². The number of hydrogen-bond donors (Lipinski definition) is 1. The Balaban J connectivity index is 1.47. The van der Waals surface area contributed by atoms with Crippen molar-refractivity contribution in [1.82, 2.24) is 15.2 Å². The quantitative estimate of drug-likeness (QED) is 0.848. The van der Waals surface area contributed by atoms with E-state index >= 15 is 0 Å². The Morgan fingerprint density at radius 3 is 2.62 bits per heavy atom. The van der Waals surface area contributed by atoms with Gasteiger partial charge < -0.3 is 15.0 Å². The van der Waals surface area contributed by atoms with E-state index in [0.29, 0.717) is 25.2 Å². The Kier molecular flexibility index (Phi) is 5.26. The van der Waals surface area contributed by atoms with E-state index in [1.165, 1.54) is 0 Å². The predicted octanol–water partition coefficient (Wildman–Crippen LogP) is 2.96. The SMILES string of the molecule is COc1ccc(C(=O)N2CC(C(=O)NCc3ccncc3)C3(CCC3)C2)c(C)c1. The summed E-state index contributed by atoms with van der Waals surface area (Å²) in [6, 6.07) is 9.31. The molecule has 152 valence electrons. The van der Waals surface area contributed by atoms with Crippen LogP contribution in [-0.2, 0) is 11.3 Å². The van der Waals surface area contributed by atoms with Crippen LogP contribution in [0, 0.1) is 18.3 Å². The molecule has 2 heterocycles. The number of nitrogens with one attached hydrogen (secondary N) is 1. The summed E-state index contributed by atoms with van der Waals surface area (Å²) in [4.78, 5) is 32.1. The van der Waals surface area contributed by atoms with Crippen molar-refractivity contribution in [1.29, 1.82) is 0 Å². The fourth-order valence-electron chi connectivity index (χ4n) is 4.61. The number of likely N-dealkylation sites (tertiary alicyclic amines) is 1. The molecule has 6 heteroatoms. The van der Waals surface area contributed by atoms with Crippen LogP contribution in [0.2, 0.25) is 0 Å². The molecule has 1 saturated heterocycles. The summed E-state index contributed by atoms with van der Waals surface area (Å²) in [5.74, 6) is 0.633. The van der Waals surface area contributed by atoms with Crippen LogP contribution in [0.15, 0.2) is 42.7 Å². The zero-order valence-electron chi connectivity index (χ0n) is 17.0. The maximum atomic E-state index is 13.2. The number of aryl methyl sites for hydroxylation is 1. The largest absolute Gasteiger partial charge is 0.497 e. The molecule has 1 aliphatic carbocycles. The van der Waals surface area contributed by atoms with Crippen molar-refractivity contribution >= 4 is 11.8 Å². The highest BCUT2D eigenvalue weighted by atomic mass is 16.5. The Hall–Kier alpha value is -2.89. The minimum atomic E-state index is -0.152. The summed E-state index contributed by atoms with van der Waals surface area (Å²) >= 11 is 0. The molecular formula is C23H27N3O3. The highest BCUT2D eigenvalue weighted by molar-refractivity contribution is 5.96. The second kappa shape index (κ2) is 7.85. The van der Waals surface area contributed by atoms with E-state index in [2.05, 4.69) is 10.3 Å². The van der Waals surface area contributed by atoms with Gasteiger partial charge in [-0.2, -0.15) is 0 Å². The van der Waals surface area contributed by atoms with Gasteiger partial charge in [-0.05, 0) is 61.2 Å². The van der Waals surface area contributed by atoms with E-state index < -0.39 is 0 Å². The van der Waals surface area contributed by atoms with E-state index in [4.69, 9.17) is 4.74 Å². The standard InChI is InChI=1S/C23H27N3O3/c1-16-12-18(29-2)4-5-19(16)22(28)26-14-20(23(15-26)8-3-9-23)21(27)25-13-17-6-10-24-11-7-17/h4-7,10-12,20H,3,8-9,13-15H2,1-2H3,(H,25,27). The third kappa shape index (κ3) is 3.71. The number of carbonyl (C=O) groups is 2. The maximum Gasteiger partial charge on any atom is 0.254 e. The summed E-state index contributed by atoms with van der Waals surface area (Å²) in [6.45, 7) is 3.54. The summed E-state index contributed by atoms with van der Waals surface area (Å²) in [6.07, 6.45) is 6.58. The van der Waals surface area contributed by atoms with Crippen molar-refractivity contribution in [3.05, 3.63) is 59.4 Å². The Morgan fingerprint density at radius 2 is 2.00 bits per heavy atom. The molecule has 1 aromatic heterocycles. The number of methoxy groups -OCH3 is 1. The van der Waals surface area contributed by atoms with Gasteiger partial charge in [-0.1, -0.05) is 6.42 Å². The molecule has 2 aromatic rings. The number of nitrogens with zero attached hydrogens (tertiary/aromatic N) is 2. The molecular weight excluding hydrogens is 366 g/mol. The minimum Gasteiger partial charge on any atom is -0.497 e. The molecule has 0 radical (unpaired) electrons. The van der Waals surface area contributed by atoms with Crippen molar-refractivity contribution in [2.75, 3.05) is 20.2 Å².